The van der Waals surface area contributed by atoms with Crippen molar-refractivity contribution in [1.82, 2.24) is 19.5 Å². The Balaban J connectivity index is 2.20. The fraction of sp³-hybridized carbons (Fsp3) is 0.643. The summed E-state index contributed by atoms with van der Waals surface area (Å²) in [7, 11) is -4.38. The van der Waals surface area contributed by atoms with E-state index < -0.39 is 12.9 Å². The van der Waals surface area contributed by atoms with E-state index in [2.05, 4.69) is 15.0 Å². The van der Waals surface area contributed by atoms with E-state index in [1.807, 2.05) is 6.92 Å². The number of imidazole rings is 1. The van der Waals surface area contributed by atoms with Crippen LogP contribution in [-0.4, -0.2) is 47.0 Å². The first-order chi connectivity index (χ1) is 11.8. The minimum Gasteiger partial charge on any atom is -0.368 e. The Kier molecular flexibility index (Phi) is 6.45. The number of thioether (sulfide) groups is 1. The van der Waals surface area contributed by atoms with Crippen LogP contribution in [-0.2, 0) is 15.8 Å². The number of anilines is 1. The van der Waals surface area contributed by atoms with Crippen molar-refractivity contribution in [3.05, 3.63) is 6.33 Å². The highest BCUT2D eigenvalue weighted by Crippen LogP contribution is 2.55. The van der Waals surface area contributed by atoms with Crippen LogP contribution in [0.3, 0.4) is 0 Å². The lowest BCUT2D eigenvalue weighted by molar-refractivity contribution is -0.00992. The summed E-state index contributed by atoms with van der Waals surface area (Å²) in [5.74, 6) is 0.997. The van der Waals surface area contributed by atoms with E-state index in [1.165, 1.54) is 11.8 Å². The molecule has 0 fully saturated rings. The van der Waals surface area contributed by atoms with Crippen LogP contribution in [0.25, 0.3) is 11.2 Å². The van der Waals surface area contributed by atoms with E-state index in [0.717, 1.165) is 10.8 Å². The van der Waals surface area contributed by atoms with Crippen LogP contribution in [0.4, 0.5) is 5.95 Å². The quantitative estimate of drug-likeness (QED) is 0.335. The second-order valence-corrected chi connectivity index (χ2v) is 8.63. The molecule has 0 saturated carbocycles. The number of hydrogen-bond donors (Lipinski definition) is 3. The summed E-state index contributed by atoms with van der Waals surface area (Å²) in [4.78, 5) is 32.0. The van der Waals surface area contributed by atoms with Crippen LogP contribution in [0.2, 0.25) is 0 Å². The molecule has 2 aromatic heterocycles. The number of fused-ring (bicyclic) bond motifs is 1. The third-order valence-electron chi connectivity index (χ3n) is 4.07. The maximum atomic E-state index is 11.8. The van der Waals surface area contributed by atoms with Crippen LogP contribution in [0.15, 0.2) is 11.4 Å². The van der Waals surface area contributed by atoms with Crippen molar-refractivity contribution in [2.45, 2.75) is 50.5 Å². The maximum Gasteiger partial charge on any atom is 0.357 e. The zero-order chi connectivity index (χ0) is 18.7. The minimum absolute atomic E-state index is 0.123. The van der Waals surface area contributed by atoms with Gasteiger partial charge in [-0.25, -0.2) is 9.97 Å². The smallest absolute Gasteiger partial charge is 0.357 e. The second-order valence-electron chi connectivity index (χ2n) is 5.48. The van der Waals surface area contributed by atoms with Crippen LogP contribution in [0.1, 0.15) is 33.6 Å². The number of aromatic nitrogens is 4. The van der Waals surface area contributed by atoms with Gasteiger partial charge in [-0.1, -0.05) is 20.8 Å². The Bertz CT molecular complexity index is 774. The van der Waals surface area contributed by atoms with Gasteiger partial charge in [-0.2, -0.15) is 4.98 Å². The summed E-state index contributed by atoms with van der Waals surface area (Å²) in [6.07, 6.45) is 2.06. The molecule has 0 bridgehead atoms. The fourth-order valence-corrected chi connectivity index (χ4v) is 4.42. The average molecular weight is 389 g/mol. The van der Waals surface area contributed by atoms with Gasteiger partial charge >= 0.3 is 7.60 Å². The summed E-state index contributed by atoms with van der Waals surface area (Å²) in [5, 5.41) is -0.739. The summed E-state index contributed by atoms with van der Waals surface area (Å²) in [6.45, 7) is 5.90. The Morgan fingerprint density at radius 2 is 2.00 bits per heavy atom. The van der Waals surface area contributed by atoms with Gasteiger partial charge in [0.2, 0.25) is 5.95 Å². The monoisotopic (exact) mass is 389 g/mol. The molecule has 4 N–H and O–H groups in total. The van der Waals surface area contributed by atoms with Gasteiger partial charge in [-0.15, -0.1) is 11.8 Å². The first-order valence-electron chi connectivity index (χ1n) is 8.08. The first-order valence-corrected chi connectivity index (χ1v) is 10.7. The highest BCUT2D eigenvalue weighted by molar-refractivity contribution is 7.99. The highest BCUT2D eigenvalue weighted by Gasteiger charge is 2.44. The molecular formula is C14H24N5O4PS. The van der Waals surface area contributed by atoms with E-state index in [9.17, 15) is 14.4 Å². The van der Waals surface area contributed by atoms with E-state index in [1.54, 1.807) is 24.7 Å². The van der Waals surface area contributed by atoms with Gasteiger partial charge in [0.1, 0.15) is 10.5 Å². The van der Waals surface area contributed by atoms with Crippen molar-refractivity contribution < 1.29 is 19.1 Å². The zero-order valence-corrected chi connectivity index (χ0v) is 16.3. The minimum atomic E-state index is -4.38. The number of nitrogens with two attached hydrogens (primary N) is 1. The largest absolute Gasteiger partial charge is 0.368 e. The van der Waals surface area contributed by atoms with Gasteiger partial charge in [0.15, 0.2) is 11.0 Å². The lowest BCUT2D eigenvalue weighted by Crippen LogP contribution is -2.32. The Labute approximate surface area is 150 Å². The molecule has 140 valence electrons. The Morgan fingerprint density at radius 3 is 2.56 bits per heavy atom. The van der Waals surface area contributed by atoms with Crippen LogP contribution < -0.4 is 5.73 Å². The van der Waals surface area contributed by atoms with Crippen LogP contribution in [0, 0.1) is 0 Å². The molecule has 2 rings (SSSR count). The third-order valence-corrected chi connectivity index (χ3v) is 6.74. The molecule has 0 unspecified atom stereocenters. The van der Waals surface area contributed by atoms with E-state index in [-0.39, 0.29) is 25.4 Å². The van der Waals surface area contributed by atoms with Gasteiger partial charge in [-0.3, -0.25) is 4.57 Å². The van der Waals surface area contributed by atoms with E-state index >= 15 is 0 Å². The molecule has 11 heteroatoms. The highest BCUT2D eigenvalue weighted by atomic mass is 32.2. The molecular weight excluding hydrogens is 365 g/mol. The third kappa shape index (κ3) is 4.15. The number of ether oxygens (including phenoxy) is 1. The molecule has 0 aliphatic rings. The lowest BCUT2D eigenvalue weighted by Gasteiger charge is -2.32. The fourth-order valence-electron chi connectivity index (χ4n) is 2.62. The normalized spacial score (nSPS) is 12.8. The number of nitrogen functional groups attached to an aromatic ring is 1. The summed E-state index contributed by atoms with van der Waals surface area (Å²) < 4.78 is 19.2. The molecule has 0 atom stereocenters. The Morgan fingerprint density at radius 1 is 1.32 bits per heavy atom. The van der Waals surface area contributed by atoms with E-state index in [4.69, 9.17) is 10.5 Å². The van der Waals surface area contributed by atoms with E-state index in [0.29, 0.717) is 17.7 Å². The second kappa shape index (κ2) is 8.01. The average Bonchev–Trinajstić information content (AvgIpc) is 2.94. The molecule has 2 heterocycles. The number of hydrogen-bond acceptors (Lipinski definition) is 7. The van der Waals surface area contributed by atoms with Crippen molar-refractivity contribution in [2.75, 3.05) is 18.1 Å². The molecule has 0 spiro atoms. The molecule has 0 aliphatic heterocycles. The van der Waals surface area contributed by atoms with Crippen molar-refractivity contribution >= 4 is 36.5 Å². The summed E-state index contributed by atoms with van der Waals surface area (Å²) in [6, 6.07) is 0. The number of nitrogens with zero attached hydrogens (tertiary/aromatic N) is 4. The number of rotatable bonds is 9. The van der Waals surface area contributed by atoms with Crippen LogP contribution >= 0.6 is 19.4 Å². The summed E-state index contributed by atoms with van der Waals surface area (Å²) >= 11 is 1.53. The summed E-state index contributed by atoms with van der Waals surface area (Å²) in [5.41, 5.74) is 7.02. The molecule has 2 aromatic rings. The predicted molar refractivity (Wildman–Crippen MR) is 97.4 cm³/mol. The topological polar surface area (TPSA) is 136 Å². The van der Waals surface area contributed by atoms with Gasteiger partial charge in [0.05, 0.1) is 12.9 Å². The van der Waals surface area contributed by atoms with Gasteiger partial charge in [-0.05, 0) is 18.6 Å². The Hall–Kier alpha value is -1.19. The SMILES string of the molecule is CCSc1nc(N)nc2c1ncn2CCOC(CC)(CC)P(=O)(O)O. The van der Waals surface area contributed by atoms with Crippen LogP contribution in [0.5, 0.6) is 0 Å². The van der Waals surface area contributed by atoms with Gasteiger partial charge in [0.25, 0.3) is 0 Å². The lowest BCUT2D eigenvalue weighted by atomic mass is 10.2. The standard InChI is InChI=1S/C14H24N5O4PS/c1-4-14(5-2,24(20,21)22)23-8-7-19-9-16-10-11(19)17-13(15)18-12(10)25-6-3/h9H,4-8H2,1-3H3,(H2,15,17,18)(H2,20,21,22). The van der Waals surface area contributed by atoms with Crippen molar-refractivity contribution in [1.29, 1.82) is 0 Å². The van der Waals surface area contributed by atoms with Crippen molar-refractivity contribution in [3.63, 3.8) is 0 Å². The van der Waals surface area contributed by atoms with Gasteiger partial charge < -0.3 is 24.8 Å². The molecule has 9 nitrogen and oxygen atoms in total. The van der Waals surface area contributed by atoms with Crippen molar-refractivity contribution in [2.24, 2.45) is 0 Å². The molecule has 0 radical (unpaired) electrons. The maximum absolute atomic E-state index is 11.8. The zero-order valence-electron chi connectivity index (χ0n) is 14.5. The van der Waals surface area contributed by atoms with Crippen molar-refractivity contribution in [3.8, 4) is 0 Å². The molecule has 0 aliphatic carbocycles. The first kappa shape index (κ1) is 20.1. The molecule has 0 saturated heterocycles. The predicted octanol–water partition coefficient (Wildman–Crippen LogP) is 2.23. The molecule has 25 heavy (non-hydrogen) atoms. The molecule has 0 aromatic carbocycles. The molecule has 0 amide bonds. The van der Waals surface area contributed by atoms with Gasteiger partial charge in [0, 0.05) is 6.54 Å².